The Balaban J connectivity index is 2.24. The van der Waals surface area contributed by atoms with Crippen molar-refractivity contribution in [3.05, 3.63) is 0 Å². The third-order valence-corrected chi connectivity index (χ3v) is 3.63. The van der Waals surface area contributed by atoms with Gasteiger partial charge < -0.3 is 15.3 Å². The molecule has 1 saturated heterocycles. The van der Waals surface area contributed by atoms with E-state index in [0.29, 0.717) is 13.1 Å². The number of hydrogen-bond acceptors (Lipinski definition) is 3. The summed E-state index contributed by atoms with van der Waals surface area (Å²) in [4.78, 5) is 23.9. The standard InChI is InChI=1S/C11H20N2O3S/c1-3-9(7-17-2)12-11(16)13-5-8(6-13)4-10(14)15/h8-9H,3-7H2,1-2H3,(H,12,16)(H,14,15). The predicted molar refractivity (Wildman–Crippen MR) is 68.3 cm³/mol. The lowest BCUT2D eigenvalue weighted by atomic mass is 9.97. The molecule has 1 unspecified atom stereocenters. The average molecular weight is 260 g/mol. The zero-order valence-corrected chi connectivity index (χ0v) is 11.1. The first-order chi connectivity index (χ1) is 8.06. The molecule has 1 heterocycles. The topological polar surface area (TPSA) is 69.6 Å². The van der Waals surface area contributed by atoms with Gasteiger partial charge in [-0.05, 0) is 12.7 Å². The number of hydrogen-bond donors (Lipinski definition) is 2. The lowest BCUT2D eigenvalue weighted by molar-refractivity contribution is -0.139. The van der Waals surface area contributed by atoms with Gasteiger partial charge in [-0.2, -0.15) is 11.8 Å². The van der Waals surface area contributed by atoms with Crippen molar-refractivity contribution in [2.75, 3.05) is 25.1 Å². The largest absolute Gasteiger partial charge is 0.481 e. The van der Waals surface area contributed by atoms with Gasteiger partial charge >= 0.3 is 12.0 Å². The summed E-state index contributed by atoms with van der Waals surface area (Å²) in [5, 5.41) is 11.6. The van der Waals surface area contributed by atoms with Crippen LogP contribution in [0.3, 0.4) is 0 Å². The maximum Gasteiger partial charge on any atom is 0.317 e. The molecule has 1 aliphatic heterocycles. The van der Waals surface area contributed by atoms with Crippen molar-refractivity contribution < 1.29 is 14.7 Å². The first-order valence-corrected chi connectivity index (χ1v) is 7.22. The number of carboxylic acids is 1. The zero-order valence-electron chi connectivity index (χ0n) is 10.3. The molecule has 0 aromatic heterocycles. The summed E-state index contributed by atoms with van der Waals surface area (Å²) in [6.07, 6.45) is 3.09. The molecular weight excluding hydrogens is 240 g/mol. The number of likely N-dealkylation sites (tertiary alicyclic amines) is 1. The summed E-state index contributed by atoms with van der Waals surface area (Å²) in [5.74, 6) is 0.247. The molecule has 5 nitrogen and oxygen atoms in total. The van der Waals surface area contributed by atoms with E-state index < -0.39 is 5.97 Å². The number of thioether (sulfide) groups is 1. The molecule has 1 fully saturated rings. The maximum absolute atomic E-state index is 11.8. The third kappa shape index (κ3) is 4.46. The van der Waals surface area contributed by atoms with E-state index in [4.69, 9.17) is 5.11 Å². The summed E-state index contributed by atoms with van der Waals surface area (Å²) in [5.41, 5.74) is 0. The summed E-state index contributed by atoms with van der Waals surface area (Å²) in [6, 6.07) is 0.142. The van der Waals surface area contributed by atoms with Gasteiger partial charge in [-0.3, -0.25) is 4.79 Å². The molecule has 1 atom stereocenters. The molecule has 0 spiro atoms. The van der Waals surface area contributed by atoms with E-state index in [1.807, 2.05) is 13.2 Å². The molecule has 0 aromatic rings. The fourth-order valence-electron chi connectivity index (χ4n) is 1.84. The van der Waals surface area contributed by atoms with E-state index in [1.165, 1.54) is 0 Å². The summed E-state index contributed by atoms with van der Waals surface area (Å²) >= 11 is 1.71. The number of carboxylic acid groups (broad SMARTS) is 1. The van der Waals surface area contributed by atoms with Gasteiger partial charge in [0.25, 0.3) is 0 Å². The predicted octanol–water partition coefficient (Wildman–Crippen LogP) is 1.24. The first-order valence-electron chi connectivity index (χ1n) is 5.83. The van der Waals surface area contributed by atoms with Crippen molar-refractivity contribution >= 4 is 23.8 Å². The Morgan fingerprint density at radius 2 is 2.18 bits per heavy atom. The fraction of sp³-hybridized carbons (Fsp3) is 0.818. The zero-order chi connectivity index (χ0) is 12.8. The molecule has 2 amide bonds. The van der Waals surface area contributed by atoms with Crippen LogP contribution in [0.25, 0.3) is 0 Å². The molecule has 0 aromatic carbocycles. The van der Waals surface area contributed by atoms with Crippen LogP contribution in [0.5, 0.6) is 0 Å². The Kier molecular flexibility index (Phi) is 5.61. The lowest BCUT2D eigenvalue weighted by Crippen LogP contribution is -2.56. The van der Waals surface area contributed by atoms with E-state index in [2.05, 4.69) is 5.32 Å². The summed E-state index contributed by atoms with van der Waals surface area (Å²) in [6.45, 7) is 3.17. The maximum atomic E-state index is 11.8. The van der Waals surface area contributed by atoms with Crippen LogP contribution in [0.15, 0.2) is 0 Å². The van der Waals surface area contributed by atoms with Gasteiger partial charge in [0, 0.05) is 30.8 Å². The van der Waals surface area contributed by atoms with E-state index in [-0.39, 0.29) is 24.4 Å². The van der Waals surface area contributed by atoms with Crippen molar-refractivity contribution in [1.29, 1.82) is 0 Å². The van der Waals surface area contributed by atoms with Crippen LogP contribution < -0.4 is 5.32 Å². The van der Waals surface area contributed by atoms with Crippen LogP contribution in [0.4, 0.5) is 4.79 Å². The molecule has 6 heteroatoms. The minimum atomic E-state index is -0.788. The number of nitrogens with zero attached hydrogens (tertiary/aromatic N) is 1. The minimum Gasteiger partial charge on any atom is -0.481 e. The molecule has 1 aliphatic rings. The van der Waals surface area contributed by atoms with Crippen LogP contribution in [-0.4, -0.2) is 53.1 Å². The van der Waals surface area contributed by atoms with Crippen molar-refractivity contribution in [1.82, 2.24) is 10.2 Å². The highest BCUT2D eigenvalue weighted by Crippen LogP contribution is 2.19. The molecule has 1 rings (SSSR count). The number of nitrogens with one attached hydrogen (secondary N) is 1. The Morgan fingerprint density at radius 3 is 2.65 bits per heavy atom. The Hall–Kier alpha value is -0.910. The quantitative estimate of drug-likeness (QED) is 0.754. The molecule has 0 aliphatic carbocycles. The van der Waals surface area contributed by atoms with Crippen LogP contribution in [0, 0.1) is 5.92 Å². The van der Waals surface area contributed by atoms with Gasteiger partial charge in [0.2, 0.25) is 0 Å². The van der Waals surface area contributed by atoms with E-state index in [1.54, 1.807) is 16.7 Å². The number of rotatable bonds is 6. The Morgan fingerprint density at radius 1 is 1.53 bits per heavy atom. The third-order valence-electron chi connectivity index (χ3n) is 2.90. The van der Waals surface area contributed by atoms with E-state index in [9.17, 15) is 9.59 Å². The highest BCUT2D eigenvalue weighted by Gasteiger charge is 2.32. The van der Waals surface area contributed by atoms with Crippen LogP contribution >= 0.6 is 11.8 Å². The highest BCUT2D eigenvalue weighted by molar-refractivity contribution is 7.98. The van der Waals surface area contributed by atoms with Crippen molar-refractivity contribution in [2.45, 2.75) is 25.8 Å². The second kappa shape index (κ2) is 6.74. The molecule has 17 heavy (non-hydrogen) atoms. The molecule has 0 radical (unpaired) electrons. The van der Waals surface area contributed by atoms with Gasteiger partial charge in [-0.25, -0.2) is 4.79 Å². The van der Waals surface area contributed by atoms with Gasteiger partial charge in [-0.1, -0.05) is 6.92 Å². The number of carbonyl (C=O) groups is 2. The van der Waals surface area contributed by atoms with Gasteiger partial charge in [0.15, 0.2) is 0 Å². The molecule has 2 N–H and O–H groups in total. The Bertz CT molecular complexity index is 280. The molecule has 98 valence electrons. The highest BCUT2D eigenvalue weighted by atomic mass is 32.2. The van der Waals surface area contributed by atoms with Crippen molar-refractivity contribution in [3.63, 3.8) is 0 Å². The number of urea groups is 1. The lowest BCUT2D eigenvalue weighted by Gasteiger charge is -2.39. The smallest absolute Gasteiger partial charge is 0.317 e. The first kappa shape index (κ1) is 14.2. The second-order valence-electron chi connectivity index (χ2n) is 4.38. The monoisotopic (exact) mass is 260 g/mol. The van der Waals surface area contributed by atoms with Gasteiger partial charge in [0.1, 0.15) is 0 Å². The minimum absolute atomic E-state index is 0.0625. The summed E-state index contributed by atoms with van der Waals surface area (Å²) < 4.78 is 0. The number of carbonyl (C=O) groups excluding carboxylic acids is 1. The van der Waals surface area contributed by atoms with E-state index in [0.717, 1.165) is 12.2 Å². The molecule has 0 bridgehead atoms. The van der Waals surface area contributed by atoms with E-state index >= 15 is 0 Å². The fourth-order valence-corrected chi connectivity index (χ4v) is 2.56. The van der Waals surface area contributed by atoms with Crippen molar-refractivity contribution in [2.24, 2.45) is 5.92 Å². The summed E-state index contributed by atoms with van der Waals surface area (Å²) in [7, 11) is 0. The normalized spacial score (nSPS) is 17.4. The number of amides is 2. The van der Waals surface area contributed by atoms with Crippen LogP contribution in [-0.2, 0) is 4.79 Å². The van der Waals surface area contributed by atoms with Gasteiger partial charge in [0.05, 0.1) is 6.42 Å². The Labute approximate surface area is 106 Å². The number of aliphatic carboxylic acids is 1. The average Bonchev–Trinajstić information content (AvgIpc) is 2.21. The van der Waals surface area contributed by atoms with Crippen LogP contribution in [0.1, 0.15) is 19.8 Å². The SMILES string of the molecule is CCC(CSC)NC(=O)N1CC(CC(=O)O)C1. The van der Waals surface area contributed by atoms with Gasteiger partial charge in [-0.15, -0.1) is 0 Å². The van der Waals surface area contributed by atoms with Crippen LogP contribution in [0.2, 0.25) is 0 Å². The molecule has 0 saturated carbocycles. The van der Waals surface area contributed by atoms with Crippen molar-refractivity contribution in [3.8, 4) is 0 Å². The second-order valence-corrected chi connectivity index (χ2v) is 5.29. The molecular formula is C11H20N2O3S.